The molecule has 2 rings (SSSR count). The van der Waals surface area contributed by atoms with Gasteiger partial charge in [0.25, 0.3) is 0 Å². The van der Waals surface area contributed by atoms with Crippen molar-refractivity contribution in [2.24, 2.45) is 0 Å². The average molecular weight is 404 g/mol. The van der Waals surface area contributed by atoms with E-state index in [2.05, 4.69) is 5.32 Å². The largest absolute Gasteiger partial charge is 0.496 e. The fourth-order valence-corrected chi connectivity index (χ4v) is 2.21. The van der Waals surface area contributed by atoms with Crippen LogP contribution in [-0.2, 0) is 12.4 Å². The highest BCUT2D eigenvalue weighted by Gasteiger charge is 2.37. The van der Waals surface area contributed by atoms with Gasteiger partial charge in [0.2, 0.25) is 0 Å². The van der Waals surface area contributed by atoms with Crippen molar-refractivity contribution >= 4 is 17.8 Å². The van der Waals surface area contributed by atoms with Crippen LogP contribution in [0.25, 0.3) is 6.08 Å². The van der Waals surface area contributed by atoms with Crippen molar-refractivity contribution in [3.8, 4) is 5.75 Å². The minimum absolute atomic E-state index is 0.0231. The number of methoxy groups -OCH3 is 1. The Hall–Kier alpha value is -3.17. The Morgan fingerprint density at radius 1 is 0.964 bits per heavy atom. The summed E-state index contributed by atoms with van der Waals surface area (Å²) in [4.78, 5) is 11.8. The van der Waals surface area contributed by atoms with Crippen LogP contribution in [0.2, 0.25) is 0 Å². The maximum atomic E-state index is 12.8. The molecule has 0 atom stereocenters. The number of hydrogen-bond acceptors (Lipinski definition) is 2. The van der Waals surface area contributed by atoms with Crippen LogP contribution in [-0.4, -0.2) is 13.1 Å². The molecule has 0 saturated heterocycles. The van der Waals surface area contributed by atoms with Crippen molar-refractivity contribution in [3.63, 3.8) is 0 Å². The molecule has 0 spiro atoms. The van der Waals surface area contributed by atoms with Gasteiger partial charge < -0.3 is 15.4 Å². The summed E-state index contributed by atoms with van der Waals surface area (Å²) >= 11 is 0. The highest BCUT2D eigenvalue weighted by atomic mass is 19.4. The van der Waals surface area contributed by atoms with E-state index in [9.17, 15) is 31.1 Å². The van der Waals surface area contributed by atoms with Crippen molar-refractivity contribution < 1.29 is 35.9 Å². The van der Waals surface area contributed by atoms with Gasteiger partial charge in [-0.15, -0.1) is 0 Å². The molecule has 2 amide bonds. The number of anilines is 1. The van der Waals surface area contributed by atoms with Crippen LogP contribution in [0.1, 0.15) is 16.7 Å². The zero-order chi connectivity index (χ0) is 20.9. The number of amides is 2. The van der Waals surface area contributed by atoms with Gasteiger partial charge in [0.15, 0.2) is 0 Å². The molecule has 0 radical (unpaired) electrons. The summed E-state index contributed by atoms with van der Waals surface area (Å²) in [5.41, 5.74) is -3.10. The fourth-order valence-electron chi connectivity index (χ4n) is 2.21. The van der Waals surface area contributed by atoms with Gasteiger partial charge >= 0.3 is 18.4 Å². The van der Waals surface area contributed by atoms with Crippen molar-refractivity contribution in [1.29, 1.82) is 0 Å². The number of halogens is 6. The van der Waals surface area contributed by atoms with E-state index in [1.54, 1.807) is 24.3 Å². The van der Waals surface area contributed by atoms with Gasteiger partial charge in [0, 0.05) is 17.5 Å². The van der Waals surface area contributed by atoms with Crippen LogP contribution >= 0.6 is 0 Å². The second-order valence-electron chi connectivity index (χ2n) is 5.47. The smallest absolute Gasteiger partial charge is 0.416 e. The molecule has 0 aromatic heterocycles. The van der Waals surface area contributed by atoms with Crippen LogP contribution in [0.3, 0.4) is 0 Å². The van der Waals surface area contributed by atoms with Crippen molar-refractivity contribution in [3.05, 3.63) is 65.4 Å². The first-order valence-corrected chi connectivity index (χ1v) is 7.67. The number of benzene rings is 2. The summed E-state index contributed by atoms with van der Waals surface area (Å²) in [6.45, 7) is 0. The molecule has 10 heteroatoms. The molecule has 2 aromatic carbocycles. The molecule has 4 nitrogen and oxygen atoms in total. The average Bonchev–Trinajstić information content (AvgIpc) is 2.60. The lowest BCUT2D eigenvalue weighted by molar-refractivity contribution is -0.143. The third-order valence-electron chi connectivity index (χ3n) is 3.46. The van der Waals surface area contributed by atoms with E-state index < -0.39 is 35.2 Å². The van der Waals surface area contributed by atoms with E-state index in [4.69, 9.17) is 4.74 Å². The Balaban J connectivity index is 2.16. The minimum Gasteiger partial charge on any atom is -0.496 e. The molecular weight excluding hydrogens is 390 g/mol. The van der Waals surface area contributed by atoms with Crippen molar-refractivity contribution in [1.82, 2.24) is 5.32 Å². The summed E-state index contributed by atoms with van der Waals surface area (Å²) in [6.07, 6.45) is -7.38. The third kappa shape index (κ3) is 5.66. The number of alkyl halides is 6. The van der Waals surface area contributed by atoms with Gasteiger partial charge in [0.1, 0.15) is 5.75 Å². The number of urea groups is 1. The molecule has 2 N–H and O–H groups in total. The van der Waals surface area contributed by atoms with Crippen LogP contribution in [0.4, 0.5) is 36.8 Å². The lowest BCUT2D eigenvalue weighted by atomic mass is 10.1. The minimum atomic E-state index is -5.00. The molecule has 0 aliphatic carbocycles. The summed E-state index contributed by atoms with van der Waals surface area (Å²) < 4.78 is 82.0. The Morgan fingerprint density at radius 2 is 1.54 bits per heavy atom. The number of para-hydroxylation sites is 1. The summed E-state index contributed by atoms with van der Waals surface area (Å²) in [7, 11) is 1.44. The van der Waals surface area contributed by atoms with Gasteiger partial charge in [-0.3, -0.25) is 0 Å². The van der Waals surface area contributed by atoms with E-state index in [0.29, 0.717) is 23.4 Å². The van der Waals surface area contributed by atoms with Crippen LogP contribution in [0, 0.1) is 0 Å². The fraction of sp³-hybridized carbons (Fsp3) is 0.167. The van der Waals surface area contributed by atoms with E-state index >= 15 is 0 Å². The zero-order valence-corrected chi connectivity index (χ0v) is 14.3. The molecule has 0 aliphatic heterocycles. The Kier molecular flexibility index (Phi) is 6.22. The van der Waals surface area contributed by atoms with Crippen LogP contribution in [0.15, 0.2) is 48.7 Å². The first kappa shape index (κ1) is 21.1. The number of nitrogens with one attached hydrogen (secondary N) is 2. The zero-order valence-electron chi connectivity index (χ0n) is 14.3. The predicted molar refractivity (Wildman–Crippen MR) is 90.6 cm³/mol. The second-order valence-corrected chi connectivity index (χ2v) is 5.47. The third-order valence-corrected chi connectivity index (χ3v) is 3.46. The van der Waals surface area contributed by atoms with E-state index in [-0.39, 0.29) is 6.07 Å². The molecule has 0 aliphatic rings. The summed E-state index contributed by atoms with van der Waals surface area (Å²) in [6, 6.07) is 6.57. The van der Waals surface area contributed by atoms with Gasteiger partial charge in [-0.1, -0.05) is 18.2 Å². The maximum Gasteiger partial charge on any atom is 0.416 e. The quantitative estimate of drug-likeness (QED) is 0.659. The van der Waals surface area contributed by atoms with E-state index in [1.807, 2.05) is 5.32 Å². The van der Waals surface area contributed by atoms with Crippen LogP contribution < -0.4 is 15.4 Å². The summed E-state index contributed by atoms with van der Waals surface area (Å²) in [5.74, 6) is 0.508. The van der Waals surface area contributed by atoms with Crippen molar-refractivity contribution in [2.45, 2.75) is 12.4 Å². The Bertz CT molecular complexity index is 843. The molecule has 28 heavy (non-hydrogen) atoms. The van der Waals surface area contributed by atoms with E-state index in [1.165, 1.54) is 19.4 Å². The number of carbonyl (C=O) groups is 1. The molecule has 2 aromatic rings. The molecule has 0 saturated carbocycles. The summed E-state index contributed by atoms with van der Waals surface area (Å²) in [5, 5.41) is 4.15. The molecular formula is C18H14F6N2O2. The second kappa shape index (κ2) is 8.24. The van der Waals surface area contributed by atoms with E-state index in [0.717, 1.165) is 0 Å². The first-order valence-electron chi connectivity index (χ1n) is 7.67. The normalized spacial score (nSPS) is 12.1. The molecule has 0 heterocycles. The lowest BCUT2D eigenvalue weighted by Gasteiger charge is -2.14. The van der Waals surface area contributed by atoms with Gasteiger partial charge in [-0.2, -0.15) is 26.3 Å². The Labute approximate surface area is 155 Å². The van der Waals surface area contributed by atoms with Gasteiger partial charge in [0.05, 0.1) is 18.2 Å². The Morgan fingerprint density at radius 3 is 2.07 bits per heavy atom. The molecule has 0 unspecified atom stereocenters. The highest BCUT2D eigenvalue weighted by Crippen LogP contribution is 2.37. The predicted octanol–water partition coefficient (Wildman–Crippen LogP) is 5.53. The number of carbonyl (C=O) groups excluding carboxylic acids is 1. The lowest BCUT2D eigenvalue weighted by Crippen LogP contribution is -2.24. The SMILES string of the molecule is COc1ccccc1/C=C/NC(=O)Nc1cc(C(F)(F)F)cc(C(F)(F)F)c1. The maximum absolute atomic E-state index is 12.8. The number of ether oxygens (including phenoxy) is 1. The standard InChI is InChI=1S/C18H14F6N2O2/c1-28-15-5-3-2-4-11(15)6-7-25-16(27)26-14-9-12(17(19,20)21)8-13(10-14)18(22,23)24/h2-10H,1H3,(H2,25,26,27)/b7-6+. The topological polar surface area (TPSA) is 50.4 Å². The molecule has 0 bridgehead atoms. The molecule has 0 fully saturated rings. The number of rotatable bonds is 4. The number of hydrogen-bond donors (Lipinski definition) is 2. The monoisotopic (exact) mass is 404 g/mol. The van der Waals surface area contributed by atoms with Gasteiger partial charge in [-0.25, -0.2) is 4.79 Å². The van der Waals surface area contributed by atoms with Gasteiger partial charge in [-0.05, 0) is 30.3 Å². The van der Waals surface area contributed by atoms with Crippen LogP contribution in [0.5, 0.6) is 5.75 Å². The highest BCUT2D eigenvalue weighted by molar-refractivity contribution is 5.90. The van der Waals surface area contributed by atoms with Crippen molar-refractivity contribution in [2.75, 3.05) is 12.4 Å². The molecule has 150 valence electrons. The first-order chi connectivity index (χ1) is 13.0.